The van der Waals surface area contributed by atoms with Gasteiger partial charge in [-0.2, -0.15) is 0 Å². The van der Waals surface area contributed by atoms with Crippen LogP contribution in [0.5, 0.6) is 0 Å². The molecule has 17 heavy (non-hydrogen) atoms. The first-order valence-electron chi connectivity index (χ1n) is 5.74. The van der Waals surface area contributed by atoms with Crippen LogP contribution in [0.15, 0.2) is 16.5 Å². The van der Waals surface area contributed by atoms with Gasteiger partial charge >= 0.3 is 5.97 Å². The van der Waals surface area contributed by atoms with E-state index in [1.165, 1.54) is 0 Å². The molecule has 1 saturated heterocycles. The number of carboxylic acids is 1. The number of carboxylic acid groups (broad SMARTS) is 1. The second-order valence-electron chi connectivity index (χ2n) is 4.34. The quantitative estimate of drug-likeness (QED) is 0.857. The standard InChI is InChI=1S/C12H17NO4/c1-9-2-3-10(17-9)7-13-4-5-16-11(8-13)6-12(14)15/h2-3,11H,4-8H2,1H3,(H,14,15). The minimum atomic E-state index is -0.814. The van der Waals surface area contributed by atoms with Crippen molar-refractivity contribution in [3.63, 3.8) is 0 Å². The van der Waals surface area contributed by atoms with Gasteiger partial charge in [0.25, 0.3) is 0 Å². The third-order valence-corrected chi connectivity index (χ3v) is 2.80. The summed E-state index contributed by atoms with van der Waals surface area (Å²) in [6.45, 7) is 4.67. The second-order valence-corrected chi connectivity index (χ2v) is 4.34. The molecule has 0 aromatic carbocycles. The summed E-state index contributed by atoms with van der Waals surface area (Å²) < 4.78 is 10.9. The van der Waals surface area contributed by atoms with Crippen LogP contribution in [-0.4, -0.2) is 41.8 Å². The van der Waals surface area contributed by atoms with Crippen LogP contribution < -0.4 is 0 Å². The van der Waals surface area contributed by atoms with Gasteiger partial charge in [0.15, 0.2) is 0 Å². The molecule has 0 radical (unpaired) electrons. The van der Waals surface area contributed by atoms with Crippen LogP contribution in [0.3, 0.4) is 0 Å². The number of nitrogens with zero attached hydrogens (tertiary/aromatic N) is 1. The number of hydrogen-bond donors (Lipinski definition) is 1. The fraction of sp³-hybridized carbons (Fsp3) is 0.583. The summed E-state index contributed by atoms with van der Waals surface area (Å²) in [4.78, 5) is 12.8. The molecule has 0 saturated carbocycles. The lowest BCUT2D eigenvalue weighted by atomic mass is 10.2. The molecule has 1 atom stereocenters. The average molecular weight is 239 g/mol. The fourth-order valence-electron chi connectivity index (χ4n) is 2.03. The monoisotopic (exact) mass is 239 g/mol. The number of hydrogen-bond acceptors (Lipinski definition) is 4. The van der Waals surface area contributed by atoms with Crippen molar-refractivity contribution in [1.82, 2.24) is 4.90 Å². The molecule has 2 heterocycles. The highest BCUT2D eigenvalue weighted by molar-refractivity contribution is 5.67. The molecule has 1 aliphatic heterocycles. The number of morpholine rings is 1. The number of rotatable bonds is 4. The number of ether oxygens (including phenoxy) is 1. The zero-order valence-electron chi connectivity index (χ0n) is 9.89. The Kier molecular flexibility index (Phi) is 3.81. The lowest BCUT2D eigenvalue weighted by molar-refractivity contribution is -0.142. The van der Waals surface area contributed by atoms with Gasteiger partial charge in [-0.25, -0.2) is 0 Å². The van der Waals surface area contributed by atoms with E-state index in [1.807, 2.05) is 19.1 Å². The van der Waals surface area contributed by atoms with Crippen molar-refractivity contribution in [2.24, 2.45) is 0 Å². The van der Waals surface area contributed by atoms with Crippen molar-refractivity contribution >= 4 is 5.97 Å². The molecule has 1 aromatic heterocycles. The molecular weight excluding hydrogens is 222 g/mol. The minimum absolute atomic E-state index is 0.0632. The Hall–Kier alpha value is -1.33. The molecule has 2 rings (SSSR count). The fourth-order valence-corrected chi connectivity index (χ4v) is 2.03. The van der Waals surface area contributed by atoms with Gasteiger partial charge in [0.1, 0.15) is 11.5 Å². The first kappa shape index (κ1) is 12.1. The van der Waals surface area contributed by atoms with Crippen molar-refractivity contribution in [1.29, 1.82) is 0 Å². The van der Waals surface area contributed by atoms with Crippen molar-refractivity contribution in [2.75, 3.05) is 19.7 Å². The zero-order valence-corrected chi connectivity index (χ0v) is 9.89. The SMILES string of the molecule is Cc1ccc(CN2CCOC(CC(=O)O)C2)o1. The summed E-state index contributed by atoms with van der Waals surface area (Å²) >= 11 is 0. The molecule has 1 fully saturated rings. The highest BCUT2D eigenvalue weighted by atomic mass is 16.5. The molecule has 0 bridgehead atoms. The van der Waals surface area contributed by atoms with Crippen LogP contribution in [0.25, 0.3) is 0 Å². The highest BCUT2D eigenvalue weighted by Crippen LogP contribution is 2.14. The smallest absolute Gasteiger partial charge is 0.306 e. The molecule has 0 amide bonds. The Labute approximate surface area is 100.0 Å². The van der Waals surface area contributed by atoms with E-state index in [0.717, 1.165) is 18.1 Å². The lowest BCUT2D eigenvalue weighted by Crippen LogP contribution is -2.42. The molecule has 1 N–H and O–H groups in total. The Bertz CT molecular complexity index is 388. The lowest BCUT2D eigenvalue weighted by Gasteiger charge is -2.31. The predicted octanol–water partition coefficient (Wildman–Crippen LogP) is 1.26. The number of carbonyl (C=O) groups is 1. The first-order chi connectivity index (χ1) is 8.13. The molecule has 1 aliphatic rings. The van der Waals surface area contributed by atoms with Crippen LogP contribution in [0.4, 0.5) is 0 Å². The van der Waals surface area contributed by atoms with E-state index in [0.29, 0.717) is 19.7 Å². The summed E-state index contributed by atoms with van der Waals surface area (Å²) in [5.41, 5.74) is 0. The maximum atomic E-state index is 10.6. The van der Waals surface area contributed by atoms with Crippen molar-refractivity contribution in [3.05, 3.63) is 23.7 Å². The summed E-state index contributed by atoms with van der Waals surface area (Å²) in [5, 5.41) is 8.73. The topological polar surface area (TPSA) is 62.9 Å². The highest BCUT2D eigenvalue weighted by Gasteiger charge is 2.23. The van der Waals surface area contributed by atoms with E-state index in [1.54, 1.807) is 0 Å². The van der Waals surface area contributed by atoms with Gasteiger partial charge in [0.05, 0.1) is 25.7 Å². The Morgan fingerprint density at radius 3 is 3.06 bits per heavy atom. The largest absolute Gasteiger partial charge is 0.481 e. The Morgan fingerprint density at radius 1 is 1.59 bits per heavy atom. The van der Waals surface area contributed by atoms with Gasteiger partial charge in [-0.05, 0) is 19.1 Å². The summed E-state index contributed by atoms with van der Waals surface area (Å²) in [6, 6.07) is 3.89. The molecule has 5 nitrogen and oxygen atoms in total. The van der Waals surface area contributed by atoms with Crippen molar-refractivity contribution < 1.29 is 19.1 Å². The third-order valence-electron chi connectivity index (χ3n) is 2.80. The summed E-state index contributed by atoms with van der Waals surface area (Å²) in [5.74, 6) is 1.000. The van der Waals surface area contributed by atoms with E-state index >= 15 is 0 Å². The van der Waals surface area contributed by atoms with Crippen LogP contribution in [0.1, 0.15) is 17.9 Å². The van der Waals surface area contributed by atoms with Gasteiger partial charge in [0.2, 0.25) is 0 Å². The maximum Gasteiger partial charge on any atom is 0.306 e. The molecule has 5 heteroatoms. The van der Waals surface area contributed by atoms with Gasteiger partial charge in [-0.3, -0.25) is 9.69 Å². The van der Waals surface area contributed by atoms with Gasteiger partial charge in [-0.15, -0.1) is 0 Å². The van der Waals surface area contributed by atoms with E-state index in [9.17, 15) is 4.79 Å². The Morgan fingerprint density at radius 2 is 2.41 bits per heavy atom. The van der Waals surface area contributed by atoms with E-state index in [4.69, 9.17) is 14.3 Å². The molecule has 1 unspecified atom stereocenters. The molecule has 0 spiro atoms. The molecule has 1 aromatic rings. The van der Waals surface area contributed by atoms with E-state index < -0.39 is 5.97 Å². The van der Waals surface area contributed by atoms with Crippen molar-refractivity contribution in [3.8, 4) is 0 Å². The summed E-state index contributed by atoms with van der Waals surface area (Å²) in [6.07, 6.45) is -0.148. The average Bonchev–Trinajstić information content (AvgIpc) is 2.63. The van der Waals surface area contributed by atoms with E-state index in [-0.39, 0.29) is 12.5 Å². The second kappa shape index (κ2) is 5.33. The van der Waals surface area contributed by atoms with E-state index in [2.05, 4.69) is 4.90 Å². The van der Waals surface area contributed by atoms with Crippen molar-refractivity contribution in [2.45, 2.75) is 26.0 Å². The molecular formula is C12H17NO4. The van der Waals surface area contributed by atoms with Crippen LogP contribution in [0, 0.1) is 6.92 Å². The summed E-state index contributed by atoms with van der Waals surface area (Å²) in [7, 11) is 0. The number of aryl methyl sites for hydroxylation is 1. The normalized spacial score (nSPS) is 21.6. The first-order valence-corrected chi connectivity index (χ1v) is 5.74. The van der Waals surface area contributed by atoms with Crippen LogP contribution in [0.2, 0.25) is 0 Å². The van der Waals surface area contributed by atoms with Crippen LogP contribution in [-0.2, 0) is 16.1 Å². The number of aliphatic carboxylic acids is 1. The number of furan rings is 1. The van der Waals surface area contributed by atoms with Gasteiger partial charge in [-0.1, -0.05) is 0 Å². The molecule has 0 aliphatic carbocycles. The van der Waals surface area contributed by atoms with Gasteiger partial charge in [0, 0.05) is 13.1 Å². The van der Waals surface area contributed by atoms with Crippen LogP contribution >= 0.6 is 0 Å². The zero-order chi connectivity index (χ0) is 12.3. The predicted molar refractivity (Wildman–Crippen MR) is 60.7 cm³/mol. The third kappa shape index (κ3) is 3.57. The Balaban J connectivity index is 1.87. The molecule has 94 valence electrons. The minimum Gasteiger partial charge on any atom is -0.481 e. The van der Waals surface area contributed by atoms with Gasteiger partial charge < -0.3 is 14.3 Å². The maximum absolute atomic E-state index is 10.6.